The van der Waals surface area contributed by atoms with Gasteiger partial charge in [-0.3, -0.25) is 0 Å². The van der Waals surface area contributed by atoms with Crippen LogP contribution in [0.3, 0.4) is 0 Å². The molecular formula is C11H15BrN2O2S. The molecule has 1 aliphatic rings. The van der Waals surface area contributed by atoms with Gasteiger partial charge in [0.2, 0.25) is 0 Å². The monoisotopic (exact) mass is 318 g/mol. The van der Waals surface area contributed by atoms with Crippen LogP contribution in [0.2, 0.25) is 0 Å². The summed E-state index contributed by atoms with van der Waals surface area (Å²) in [6, 6.07) is 5.45. The van der Waals surface area contributed by atoms with Gasteiger partial charge in [0.05, 0.1) is 11.5 Å². The molecule has 0 radical (unpaired) electrons. The first kappa shape index (κ1) is 12.7. The topological polar surface area (TPSA) is 72.2 Å². The van der Waals surface area contributed by atoms with E-state index in [1.807, 2.05) is 13.0 Å². The highest BCUT2D eigenvalue weighted by Gasteiger charge is 2.38. The van der Waals surface area contributed by atoms with Crippen LogP contribution in [0.15, 0.2) is 22.7 Å². The maximum absolute atomic E-state index is 11.5. The lowest BCUT2D eigenvalue weighted by molar-refractivity contribution is 0.574. The van der Waals surface area contributed by atoms with Crippen molar-refractivity contribution in [2.24, 2.45) is 0 Å². The van der Waals surface area contributed by atoms with Gasteiger partial charge in [0.25, 0.3) is 0 Å². The summed E-state index contributed by atoms with van der Waals surface area (Å²) < 4.78 is 23.9. The van der Waals surface area contributed by atoms with Crippen molar-refractivity contribution in [1.82, 2.24) is 0 Å². The van der Waals surface area contributed by atoms with E-state index < -0.39 is 15.4 Å². The summed E-state index contributed by atoms with van der Waals surface area (Å²) in [7, 11) is -2.90. The van der Waals surface area contributed by atoms with Crippen molar-refractivity contribution < 1.29 is 8.42 Å². The lowest BCUT2D eigenvalue weighted by atomic mass is 10.0. The molecule has 0 aromatic heterocycles. The summed E-state index contributed by atoms with van der Waals surface area (Å²) in [6.45, 7) is 1.93. The van der Waals surface area contributed by atoms with E-state index >= 15 is 0 Å². The Morgan fingerprint density at radius 1 is 1.47 bits per heavy atom. The van der Waals surface area contributed by atoms with Gasteiger partial charge in [-0.2, -0.15) is 0 Å². The van der Waals surface area contributed by atoms with E-state index in [-0.39, 0.29) is 11.5 Å². The summed E-state index contributed by atoms with van der Waals surface area (Å²) >= 11 is 3.42. The second-order valence-electron chi connectivity index (χ2n) is 4.77. The average molecular weight is 319 g/mol. The Morgan fingerprint density at radius 3 is 2.71 bits per heavy atom. The Bertz CT molecular complexity index is 544. The molecule has 2 rings (SSSR count). The summed E-state index contributed by atoms with van der Waals surface area (Å²) in [4.78, 5) is 0. The average Bonchev–Trinajstić information content (AvgIpc) is 2.46. The molecule has 0 saturated carbocycles. The zero-order valence-corrected chi connectivity index (χ0v) is 11.9. The predicted molar refractivity (Wildman–Crippen MR) is 73.9 cm³/mol. The molecule has 1 unspecified atom stereocenters. The van der Waals surface area contributed by atoms with Crippen LogP contribution in [0.25, 0.3) is 0 Å². The van der Waals surface area contributed by atoms with Crippen LogP contribution in [-0.2, 0) is 9.84 Å². The minimum atomic E-state index is -2.90. The minimum absolute atomic E-state index is 0.177. The number of benzene rings is 1. The normalized spacial score (nSPS) is 26.9. The Kier molecular flexibility index (Phi) is 3.12. The van der Waals surface area contributed by atoms with Crippen LogP contribution >= 0.6 is 15.9 Å². The number of anilines is 2. The molecule has 1 aromatic rings. The van der Waals surface area contributed by atoms with E-state index in [0.29, 0.717) is 12.1 Å². The number of hydrogen-bond acceptors (Lipinski definition) is 4. The van der Waals surface area contributed by atoms with Gasteiger partial charge in [-0.1, -0.05) is 0 Å². The van der Waals surface area contributed by atoms with Crippen molar-refractivity contribution in [3.63, 3.8) is 0 Å². The van der Waals surface area contributed by atoms with Gasteiger partial charge in [0, 0.05) is 21.4 Å². The summed E-state index contributed by atoms with van der Waals surface area (Å²) in [5, 5.41) is 3.29. The molecule has 1 saturated heterocycles. The summed E-state index contributed by atoms with van der Waals surface area (Å²) in [5.74, 6) is 0.430. The molecule has 0 amide bonds. The van der Waals surface area contributed by atoms with E-state index in [1.165, 1.54) is 0 Å². The van der Waals surface area contributed by atoms with Gasteiger partial charge in [0.15, 0.2) is 9.84 Å². The first-order chi connectivity index (χ1) is 7.80. The molecule has 3 N–H and O–H groups in total. The van der Waals surface area contributed by atoms with Crippen molar-refractivity contribution in [3.8, 4) is 0 Å². The molecule has 17 heavy (non-hydrogen) atoms. The highest BCUT2D eigenvalue weighted by atomic mass is 79.9. The van der Waals surface area contributed by atoms with Crippen LogP contribution in [0.4, 0.5) is 11.4 Å². The molecule has 0 bridgehead atoms. The highest BCUT2D eigenvalue weighted by Crippen LogP contribution is 2.32. The number of nitrogens with two attached hydrogens (primary N) is 1. The minimum Gasteiger partial charge on any atom is -0.399 e. The summed E-state index contributed by atoms with van der Waals surface area (Å²) in [5.41, 5.74) is 6.81. The van der Waals surface area contributed by atoms with Crippen LogP contribution in [0.1, 0.15) is 13.3 Å². The second-order valence-corrected chi connectivity index (χ2v) is 7.81. The third-order valence-electron chi connectivity index (χ3n) is 2.93. The van der Waals surface area contributed by atoms with Crippen molar-refractivity contribution >= 4 is 37.1 Å². The molecule has 1 fully saturated rings. The number of nitrogens with one attached hydrogen (secondary N) is 1. The van der Waals surface area contributed by atoms with Gasteiger partial charge in [-0.25, -0.2) is 8.42 Å². The van der Waals surface area contributed by atoms with E-state index in [2.05, 4.69) is 21.2 Å². The fraction of sp³-hybridized carbons (Fsp3) is 0.455. The van der Waals surface area contributed by atoms with Crippen molar-refractivity contribution in [1.29, 1.82) is 0 Å². The van der Waals surface area contributed by atoms with Gasteiger partial charge < -0.3 is 11.1 Å². The molecule has 0 spiro atoms. The number of sulfone groups is 1. The third-order valence-corrected chi connectivity index (χ3v) is 5.49. The van der Waals surface area contributed by atoms with Gasteiger partial charge in [-0.15, -0.1) is 0 Å². The first-order valence-corrected chi connectivity index (χ1v) is 7.95. The molecule has 6 heteroatoms. The van der Waals surface area contributed by atoms with Crippen molar-refractivity contribution in [3.05, 3.63) is 22.7 Å². The summed E-state index contributed by atoms with van der Waals surface area (Å²) in [6.07, 6.45) is 0.631. The maximum Gasteiger partial charge on any atom is 0.152 e. The fourth-order valence-electron chi connectivity index (χ4n) is 2.07. The van der Waals surface area contributed by atoms with Gasteiger partial charge in [-0.05, 0) is 47.5 Å². The molecular weight excluding hydrogens is 304 g/mol. The maximum atomic E-state index is 11.5. The lowest BCUT2D eigenvalue weighted by Crippen LogP contribution is -2.35. The second kappa shape index (κ2) is 4.17. The van der Waals surface area contributed by atoms with Crippen LogP contribution < -0.4 is 11.1 Å². The van der Waals surface area contributed by atoms with E-state index in [4.69, 9.17) is 5.73 Å². The highest BCUT2D eigenvalue weighted by molar-refractivity contribution is 9.10. The molecule has 4 nitrogen and oxygen atoms in total. The standard InChI is InChI=1S/C11H15BrN2O2S/c1-11(4-5-17(15,16)7-11)14-10-3-2-8(13)6-9(10)12/h2-3,6,14H,4-5,7,13H2,1H3. The molecule has 94 valence electrons. The van der Waals surface area contributed by atoms with Crippen molar-refractivity contribution in [2.75, 3.05) is 22.6 Å². The molecule has 1 aliphatic heterocycles. The number of rotatable bonds is 2. The van der Waals surface area contributed by atoms with Crippen LogP contribution in [0.5, 0.6) is 0 Å². The fourth-order valence-corrected chi connectivity index (χ4v) is 4.66. The molecule has 1 aromatic carbocycles. The van der Waals surface area contributed by atoms with Crippen molar-refractivity contribution in [2.45, 2.75) is 18.9 Å². The zero-order valence-electron chi connectivity index (χ0n) is 9.53. The Morgan fingerprint density at radius 2 is 2.18 bits per heavy atom. The zero-order chi connectivity index (χ0) is 12.7. The van der Waals surface area contributed by atoms with Gasteiger partial charge >= 0.3 is 0 Å². The number of nitrogen functional groups attached to an aromatic ring is 1. The quantitative estimate of drug-likeness (QED) is 0.818. The number of hydrogen-bond donors (Lipinski definition) is 2. The third kappa shape index (κ3) is 2.93. The number of halogens is 1. The Balaban J connectivity index is 2.22. The molecule has 1 heterocycles. The smallest absolute Gasteiger partial charge is 0.152 e. The Labute approximate surface area is 110 Å². The van der Waals surface area contributed by atoms with E-state index in [1.54, 1.807) is 12.1 Å². The first-order valence-electron chi connectivity index (χ1n) is 5.33. The van der Waals surface area contributed by atoms with Gasteiger partial charge in [0.1, 0.15) is 0 Å². The largest absolute Gasteiger partial charge is 0.399 e. The molecule has 1 atom stereocenters. The van der Waals surface area contributed by atoms with Crippen LogP contribution in [-0.4, -0.2) is 25.5 Å². The predicted octanol–water partition coefficient (Wildman–Crippen LogP) is 2.02. The lowest BCUT2D eigenvalue weighted by Gasteiger charge is -2.26. The SMILES string of the molecule is CC1(Nc2ccc(N)cc2Br)CCS(=O)(=O)C1. The Hall–Kier alpha value is -0.750. The molecule has 0 aliphatic carbocycles. The van der Waals surface area contributed by atoms with Crippen LogP contribution in [0, 0.1) is 0 Å². The van der Waals surface area contributed by atoms with E-state index in [9.17, 15) is 8.42 Å². The van der Waals surface area contributed by atoms with E-state index in [0.717, 1.165) is 10.2 Å².